The Labute approximate surface area is 101 Å². The van der Waals surface area contributed by atoms with Gasteiger partial charge in [-0.2, -0.15) is 5.26 Å². The molecule has 1 rings (SSSR count). The van der Waals surface area contributed by atoms with Crippen LogP contribution in [0.3, 0.4) is 0 Å². The summed E-state index contributed by atoms with van der Waals surface area (Å²) in [6.07, 6.45) is 15.8. The summed E-state index contributed by atoms with van der Waals surface area (Å²) in [5.74, 6) is 0. The highest BCUT2D eigenvalue weighted by Crippen LogP contribution is 2.44. The molecule has 0 atom stereocenters. The predicted octanol–water partition coefficient (Wildman–Crippen LogP) is 5.21. The minimum atomic E-state index is 0.113. The van der Waals surface area contributed by atoms with Gasteiger partial charge in [-0.1, -0.05) is 64.7 Å². The van der Waals surface area contributed by atoms with Gasteiger partial charge in [0.15, 0.2) is 0 Å². The van der Waals surface area contributed by atoms with Crippen molar-refractivity contribution in [3.63, 3.8) is 0 Å². The summed E-state index contributed by atoms with van der Waals surface area (Å²) in [4.78, 5) is 0. The summed E-state index contributed by atoms with van der Waals surface area (Å²) < 4.78 is 0. The van der Waals surface area contributed by atoms with E-state index >= 15 is 0 Å². The summed E-state index contributed by atoms with van der Waals surface area (Å²) in [5, 5.41) is 9.09. The van der Waals surface area contributed by atoms with Crippen molar-refractivity contribution in [2.75, 3.05) is 0 Å². The zero-order valence-electron chi connectivity index (χ0n) is 10.9. The van der Waals surface area contributed by atoms with Crippen molar-refractivity contribution in [2.24, 2.45) is 5.41 Å². The van der Waals surface area contributed by atoms with Crippen LogP contribution in [0.4, 0.5) is 0 Å². The first-order chi connectivity index (χ1) is 7.83. The van der Waals surface area contributed by atoms with E-state index < -0.39 is 0 Å². The lowest BCUT2D eigenvalue weighted by Gasteiger charge is -2.35. The molecule has 0 radical (unpaired) electrons. The normalized spacial score (nSPS) is 17.8. The number of hydrogen-bond acceptors (Lipinski definition) is 1. The Morgan fingerprint density at radius 1 is 0.938 bits per heavy atom. The minimum absolute atomic E-state index is 0.113. The van der Waals surface area contributed by atoms with Crippen molar-refractivity contribution in [1.29, 1.82) is 5.26 Å². The lowest BCUT2D eigenvalue weighted by molar-refractivity contribution is 0.191. The van der Waals surface area contributed by atoms with Crippen molar-refractivity contribution in [2.45, 2.75) is 84.0 Å². The van der Waals surface area contributed by atoms with E-state index in [-0.39, 0.29) is 5.41 Å². The van der Waals surface area contributed by atoms with E-state index in [0.29, 0.717) is 0 Å². The maximum atomic E-state index is 9.09. The first kappa shape index (κ1) is 13.6. The van der Waals surface area contributed by atoms with Crippen LogP contribution in [0.15, 0.2) is 0 Å². The van der Waals surface area contributed by atoms with Crippen molar-refractivity contribution in [3.05, 3.63) is 0 Å². The third-order valence-electron chi connectivity index (χ3n) is 4.06. The molecule has 0 aromatic rings. The van der Waals surface area contributed by atoms with Crippen LogP contribution in [0, 0.1) is 16.7 Å². The Kier molecular flexibility index (Phi) is 6.53. The molecule has 0 saturated heterocycles. The largest absolute Gasteiger partial charge is 0.198 e. The molecule has 1 aliphatic rings. The maximum Gasteiger partial charge on any atom is 0.0689 e. The second kappa shape index (κ2) is 7.71. The van der Waals surface area contributed by atoms with Crippen molar-refractivity contribution in [1.82, 2.24) is 0 Å². The predicted molar refractivity (Wildman–Crippen MR) is 69.1 cm³/mol. The van der Waals surface area contributed by atoms with Gasteiger partial charge in [0.2, 0.25) is 0 Å². The van der Waals surface area contributed by atoms with E-state index in [9.17, 15) is 0 Å². The van der Waals surface area contributed by atoms with Gasteiger partial charge in [0.1, 0.15) is 0 Å². The zero-order valence-corrected chi connectivity index (χ0v) is 10.9. The van der Waals surface area contributed by atoms with E-state index in [1.165, 1.54) is 77.0 Å². The van der Waals surface area contributed by atoms with Crippen LogP contribution in [0.5, 0.6) is 0 Å². The molecule has 16 heavy (non-hydrogen) atoms. The molecular formula is C15H27N. The fourth-order valence-electron chi connectivity index (χ4n) is 2.62. The fourth-order valence-corrected chi connectivity index (χ4v) is 2.62. The quantitative estimate of drug-likeness (QED) is 0.490. The first-order valence-corrected chi connectivity index (χ1v) is 7.24. The highest BCUT2D eigenvalue weighted by molar-refractivity contribution is 5.04. The van der Waals surface area contributed by atoms with Gasteiger partial charge in [-0.25, -0.2) is 0 Å². The maximum absolute atomic E-state index is 9.09. The topological polar surface area (TPSA) is 23.8 Å². The monoisotopic (exact) mass is 221 g/mol. The molecule has 0 bridgehead atoms. The van der Waals surface area contributed by atoms with E-state index in [1.54, 1.807) is 0 Å². The Morgan fingerprint density at radius 2 is 1.50 bits per heavy atom. The van der Waals surface area contributed by atoms with E-state index in [1.807, 2.05) is 0 Å². The van der Waals surface area contributed by atoms with Crippen LogP contribution >= 0.6 is 0 Å². The number of nitrogens with zero attached hydrogens (tertiary/aromatic N) is 1. The van der Waals surface area contributed by atoms with Gasteiger partial charge in [-0.15, -0.1) is 0 Å². The van der Waals surface area contributed by atoms with Gasteiger partial charge in [0.05, 0.1) is 11.5 Å². The third-order valence-corrected chi connectivity index (χ3v) is 4.06. The molecule has 0 spiro atoms. The Balaban J connectivity index is 1.87. The summed E-state index contributed by atoms with van der Waals surface area (Å²) >= 11 is 0. The number of unbranched alkanes of at least 4 members (excludes halogenated alkanes) is 7. The SMILES string of the molecule is CCCCCCCCCCC1(C#N)CCC1. The van der Waals surface area contributed by atoms with Gasteiger partial charge in [0, 0.05) is 0 Å². The molecule has 1 heteroatoms. The van der Waals surface area contributed by atoms with Gasteiger partial charge >= 0.3 is 0 Å². The molecule has 0 aromatic carbocycles. The van der Waals surface area contributed by atoms with Gasteiger partial charge in [-0.05, 0) is 19.3 Å². The van der Waals surface area contributed by atoms with Crippen LogP contribution in [0.2, 0.25) is 0 Å². The number of hydrogen-bond donors (Lipinski definition) is 0. The van der Waals surface area contributed by atoms with Gasteiger partial charge < -0.3 is 0 Å². The first-order valence-electron chi connectivity index (χ1n) is 7.24. The average Bonchev–Trinajstić information content (AvgIpc) is 2.25. The summed E-state index contributed by atoms with van der Waals surface area (Å²) in [7, 11) is 0. The second-order valence-electron chi connectivity index (χ2n) is 5.47. The number of rotatable bonds is 9. The van der Waals surface area contributed by atoms with Crippen LogP contribution < -0.4 is 0 Å². The smallest absolute Gasteiger partial charge is 0.0689 e. The lowest BCUT2D eigenvalue weighted by atomic mass is 9.67. The molecular weight excluding hydrogens is 194 g/mol. The van der Waals surface area contributed by atoms with Crippen molar-refractivity contribution < 1.29 is 0 Å². The lowest BCUT2D eigenvalue weighted by Crippen LogP contribution is -2.27. The highest BCUT2D eigenvalue weighted by atomic mass is 14.4. The summed E-state index contributed by atoms with van der Waals surface area (Å²) in [6, 6.07) is 2.53. The van der Waals surface area contributed by atoms with Crippen LogP contribution in [0.1, 0.15) is 84.0 Å². The Bertz CT molecular complexity index is 210. The third kappa shape index (κ3) is 4.56. The molecule has 0 heterocycles. The average molecular weight is 221 g/mol. The van der Waals surface area contributed by atoms with Crippen molar-refractivity contribution in [3.8, 4) is 6.07 Å². The van der Waals surface area contributed by atoms with Crippen LogP contribution in [0.25, 0.3) is 0 Å². The molecule has 1 saturated carbocycles. The molecule has 0 aliphatic heterocycles. The Morgan fingerprint density at radius 3 is 1.94 bits per heavy atom. The summed E-state index contributed by atoms with van der Waals surface area (Å²) in [6.45, 7) is 2.26. The van der Waals surface area contributed by atoms with E-state index in [4.69, 9.17) is 5.26 Å². The Hall–Kier alpha value is -0.510. The van der Waals surface area contributed by atoms with Gasteiger partial charge in [-0.3, -0.25) is 0 Å². The highest BCUT2D eigenvalue weighted by Gasteiger charge is 2.36. The van der Waals surface area contributed by atoms with E-state index in [2.05, 4.69) is 13.0 Å². The van der Waals surface area contributed by atoms with Crippen LogP contribution in [-0.2, 0) is 0 Å². The number of nitriles is 1. The molecule has 1 aliphatic carbocycles. The summed E-state index contributed by atoms with van der Waals surface area (Å²) in [5.41, 5.74) is 0.113. The second-order valence-corrected chi connectivity index (χ2v) is 5.47. The molecule has 0 aromatic heterocycles. The molecule has 0 N–H and O–H groups in total. The molecule has 0 amide bonds. The van der Waals surface area contributed by atoms with Crippen molar-refractivity contribution >= 4 is 0 Å². The minimum Gasteiger partial charge on any atom is -0.198 e. The van der Waals surface area contributed by atoms with Gasteiger partial charge in [0.25, 0.3) is 0 Å². The standard InChI is InChI=1S/C15H27N/c1-2-3-4-5-6-7-8-9-11-15(14-16)12-10-13-15/h2-13H2,1H3. The van der Waals surface area contributed by atoms with E-state index in [0.717, 1.165) is 0 Å². The molecule has 92 valence electrons. The van der Waals surface area contributed by atoms with Crippen LogP contribution in [-0.4, -0.2) is 0 Å². The molecule has 1 fully saturated rings. The zero-order chi connectivity index (χ0) is 11.7. The fraction of sp³-hybridized carbons (Fsp3) is 0.933. The molecule has 1 nitrogen and oxygen atoms in total. The molecule has 0 unspecified atom stereocenters.